The zero-order valence-corrected chi connectivity index (χ0v) is 8.92. The van der Waals surface area contributed by atoms with Gasteiger partial charge in [0, 0.05) is 12.2 Å². The van der Waals surface area contributed by atoms with Crippen LogP contribution in [-0.4, -0.2) is 12.1 Å². The average Bonchev–Trinajstić information content (AvgIpc) is 2.03. The van der Waals surface area contributed by atoms with E-state index in [0.29, 0.717) is 5.92 Å². The molecule has 3 heteroatoms. The van der Waals surface area contributed by atoms with Crippen LogP contribution >= 0.6 is 0 Å². The molecule has 3 nitrogen and oxygen atoms in total. The highest BCUT2D eigenvalue weighted by atomic mass is 16.2. The maximum Gasteiger partial charge on any atom is 0.318 e. The molecule has 0 bridgehead atoms. The first-order valence-electron chi connectivity index (χ1n) is 4.80. The maximum absolute atomic E-state index is 11.1. The van der Waals surface area contributed by atoms with Crippen molar-refractivity contribution in [3.05, 3.63) is 12.3 Å². The zero-order chi connectivity index (χ0) is 10.3. The van der Waals surface area contributed by atoms with E-state index in [4.69, 9.17) is 0 Å². The van der Waals surface area contributed by atoms with Crippen molar-refractivity contribution in [2.24, 2.45) is 5.92 Å². The number of carbonyl (C=O) groups excluding carboxylic acids is 1. The van der Waals surface area contributed by atoms with E-state index in [1.165, 1.54) is 0 Å². The Hall–Kier alpha value is -0.990. The van der Waals surface area contributed by atoms with Crippen molar-refractivity contribution in [2.75, 3.05) is 0 Å². The molecule has 0 saturated carbocycles. The Morgan fingerprint density at radius 1 is 1.38 bits per heavy atom. The van der Waals surface area contributed by atoms with Gasteiger partial charge in [-0.3, -0.25) is 0 Å². The highest BCUT2D eigenvalue weighted by Gasteiger charge is 2.01. The molecule has 76 valence electrons. The molecule has 0 radical (unpaired) electrons. The third-order valence-corrected chi connectivity index (χ3v) is 1.69. The quantitative estimate of drug-likeness (QED) is 0.691. The third kappa shape index (κ3) is 7.37. The third-order valence-electron chi connectivity index (χ3n) is 1.69. The van der Waals surface area contributed by atoms with Crippen molar-refractivity contribution in [3.63, 3.8) is 0 Å². The van der Waals surface area contributed by atoms with Gasteiger partial charge in [-0.25, -0.2) is 4.79 Å². The highest BCUT2D eigenvalue weighted by Crippen LogP contribution is 1.91. The van der Waals surface area contributed by atoms with Gasteiger partial charge in [-0.2, -0.15) is 0 Å². The molecule has 0 spiro atoms. The van der Waals surface area contributed by atoms with Crippen LogP contribution < -0.4 is 10.6 Å². The van der Waals surface area contributed by atoms with Gasteiger partial charge < -0.3 is 10.6 Å². The van der Waals surface area contributed by atoms with E-state index in [-0.39, 0.29) is 12.1 Å². The van der Waals surface area contributed by atoms with Crippen molar-refractivity contribution in [3.8, 4) is 0 Å². The summed E-state index contributed by atoms with van der Waals surface area (Å²) in [5, 5.41) is 5.45. The summed E-state index contributed by atoms with van der Waals surface area (Å²) in [5.41, 5.74) is 0. The molecule has 1 unspecified atom stereocenters. The second-order valence-electron chi connectivity index (χ2n) is 3.53. The molecule has 0 aliphatic rings. The molecule has 0 fully saturated rings. The van der Waals surface area contributed by atoms with E-state index < -0.39 is 0 Å². The zero-order valence-electron chi connectivity index (χ0n) is 8.92. The topological polar surface area (TPSA) is 41.1 Å². The number of hydrogen-bond acceptors (Lipinski definition) is 1. The van der Waals surface area contributed by atoms with Crippen molar-refractivity contribution in [2.45, 2.75) is 40.2 Å². The van der Waals surface area contributed by atoms with Crippen LogP contribution in [-0.2, 0) is 0 Å². The van der Waals surface area contributed by atoms with Gasteiger partial charge in [-0.15, -0.1) is 0 Å². The molecule has 0 aromatic heterocycles. The summed E-state index contributed by atoms with van der Waals surface area (Å²) >= 11 is 0. The summed E-state index contributed by atoms with van der Waals surface area (Å²) in [4.78, 5) is 11.1. The van der Waals surface area contributed by atoms with Crippen LogP contribution in [0, 0.1) is 5.92 Å². The van der Waals surface area contributed by atoms with Gasteiger partial charge in [-0.05, 0) is 19.3 Å². The minimum atomic E-state index is -0.133. The summed E-state index contributed by atoms with van der Waals surface area (Å²) in [6, 6.07) is 0.0960. The Morgan fingerprint density at radius 3 is 2.46 bits per heavy atom. The SMILES string of the molecule is CCC(C)NC(=O)N/C=C/C(C)C. The number of rotatable bonds is 4. The maximum atomic E-state index is 11.1. The Bertz CT molecular complexity index is 176. The molecular formula is C10H20N2O. The predicted octanol–water partition coefficient (Wildman–Crippen LogP) is 2.25. The minimum absolute atomic E-state index is 0.133. The van der Waals surface area contributed by atoms with Crippen LogP contribution in [0.4, 0.5) is 4.79 Å². The van der Waals surface area contributed by atoms with Gasteiger partial charge in [0.2, 0.25) is 0 Å². The van der Waals surface area contributed by atoms with E-state index in [9.17, 15) is 4.79 Å². The minimum Gasteiger partial charge on any atom is -0.335 e. The predicted molar refractivity (Wildman–Crippen MR) is 55.4 cm³/mol. The fourth-order valence-electron chi connectivity index (χ4n) is 0.684. The first-order chi connectivity index (χ1) is 6.06. The van der Waals surface area contributed by atoms with Crippen LogP contribution in [0.25, 0.3) is 0 Å². The number of nitrogens with one attached hydrogen (secondary N) is 2. The lowest BCUT2D eigenvalue weighted by molar-refractivity contribution is 0.240. The largest absolute Gasteiger partial charge is 0.335 e. The monoisotopic (exact) mass is 184 g/mol. The van der Waals surface area contributed by atoms with Crippen LogP contribution in [0.1, 0.15) is 34.1 Å². The lowest BCUT2D eigenvalue weighted by atomic mass is 10.2. The lowest BCUT2D eigenvalue weighted by Crippen LogP contribution is -2.38. The van der Waals surface area contributed by atoms with Gasteiger partial charge in [0.15, 0.2) is 0 Å². The second-order valence-corrected chi connectivity index (χ2v) is 3.53. The number of amides is 2. The molecule has 0 aliphatic heterocycles. The van der Waals surface area contributed by atoms with Crippen molar-refractivity contribution in [1.29, 1.82) is 0 Å². The van der Waals surface area contributed by atoms with E-state index >= 15 is 0 Å². The van der Waals surface area contributed by atoms with Crippen LogP contribution in [0.5, 0.6) is 0 Å². The fraction of sp³-hybridized carbons (Fsp3) is 0.700. The van der Waals surface area contributed by atoms with Crippen LogP contribution in [0.2, 0.25) is 0 Å². The highest BCUT2D eigenvalue weighted by molar-refractivity contribution is 5.75. The number of hydrogen-bond donors (Lipinski definition) is 2. The summed E-state index contributed by atoms with van der Waals surface area (Å²) in [6.45, 7) is 8.14. The fourth-order valence-corrected chi connectivity index (χ4v) is 0.684. The summed E-state index contributed by atoms with van der Waals surface area (Å²) in [5.74, 6) is 0.462. The van der Waals surface area contributed by atoms with Gasteiger partial charge in [-0.1, -0.05) is 26.8 Å². The molecule has 0 aliphatic carbocycles. The molecule has 0 saturated heterocycles. The Kier molecular flexibility index (Phi) is 6.02. The van der Waals surface area contributed by atoms with Gasteiger partial charge >= 0.3 is 6.03 Å². The average molecular weight is 184 g/mol. The molecule has 2 amide bonds. The first-order valence-corrected chi connectivity index (χ1v) is 4.80. The van der Waals surface area contributed by atoms with E-state index in [2.05, 4.69) is 24.5 Å². The van der Waals surface area contributed by atoms with Crippen LogP contribution in [0.3, 0.4) is 0 Å². The van der Waals surface area contributed by atoms with Crippen molar-refractivity contribution < 1.29 is 4.79 Å². The standard InChI is InChI=1S/C10H20N2O/c1-5-9(4)12-10(13)11-7-6-8(2)3/h6-9H,5H2,1-4H3,(H2,11,12,13)/b7-6+. The number of urea groups is 1. The second kappa shape index (κ2) is 6.52. The Balaban J connectivity index is 3.63. The van der Waals surface area contributed by atoms with Crippen molar-refractivity contribution >= 4 is 6.03 Å². The molecule has 0 aromatic carbocycles. The molecular weight excluding hydrogens is 164 g/mol. The van der Waals surface area contributed by atoms with Crippen molar-refractivity contribution in [1.82, 2.24) is 10.6 Å². The lowest BCUT2D eigenvalue weighted by Gasteiger charge is -2.10. The molecule has 1 atom stereocenters. The van der Waals surface area contributed by atoms with Crippen LogP contribution in [0.15, 0.2) is 12.3 Å². The molecule has 0 aromatic rings. The summed E-state index contributed by atoms with van der Waals surface area (Å²) in [6.07, 6.45) is 4.57. The molecule has 0 rings (SSSR count). The Morgan fingerprint density at radius 2 is 2.00 bits per heavy atom. The van der Waals surface area contributed by atoms with Gasteiger partial charge in [0.25, 0.3) is 0 Å². The smallest absolute Gasteiger partial charge is 0.318 e. The molecule has 0 heterocycles. The summed E-state index contributed by atoms with van der Waals surface area (Å²) < 4.78 is 0. The van der Waals surface area contributed by atoms with E-state index in [1.807, 2.05) is 19.9 Å². The normalized spacial score (nSPS) is 13.3. The molecule has 13 heavy (non-hydrogen) atoms. The van der Waals surface area contributed by atoms with Gasteiger partial charge in [0.05, 0.1) is 0 Å². The van der Waals surface area contributed by atoms with Gasteiger partial charge in [0.1, 0.15) is 0 Å². The van der Waals surface area contributed by atoms with E-state index in [1.54, 1.807) is 6.20 Å². The number of allylic oxidation sites excluding steroid dienone is 1. The first kappa shape index (κ1) is 12.0. The number of carbonyl (C=O) groups is 1. The van der Waals surface area contributed by atoms with E-state index in [0.717, 1.165) is 6.42 Å². The molecule has 2 N–H and O–H groups in total. The summed E-state index contributed by atoms with van der Waals surface area (Å²) in [7, 11) is 0. The Labute approximate surface area is 80.6 Å².